The van der Waals surface area contributed by atoms with Gasteiger partial charge in [-0.15, -0.1) is 22.7 Å². The minimum Gasteiger partial charge on any atom is -0.390 e. The number of aryl methyl sites for hydroxylation is 1. The summed E-state index contributed by atoms with van der Waals surface area (Å²) in [5, 5.41) is 2.56. The van der Waals surface area contributed by atoms with Gasteiger partial charge in [0.15, 0.2) is 0 Å². The van der Waals surface area contributed by atoms with Crippen LogP contribution in [0, 0.1) is 13.8 Å². The van der Waals surface area contributed by atoms with Crippen LogP contribution in [0.4, 0.5) is 5.00 Å². The fourth-order valence-corrected chi connectivity index (χ4v) is 4.28. The average Bonchev–Trinajstić information content (AvgIpc) is 2.80. The van der Waals surface area contributed by atoms with Crippen LogP contribution >= 0.6 is 34.3 Å². The Kier molecular flexibility index (Phi) is 2.81. The molecule has 18 heavy (non-hydrogen) atoms. The normalized spacial score (nSPS) is 11.3. The predicted molar refractivity (Wildman–Crippen MR) is 81.8 cm³/mol. The molecule has 0 saturated carbocycles. The molecule has 0 bridgehead atoms. The molecule has 0 radical (unpaired) electrons. The van der Waals surface area contributed by atoms with E-state index in [-0.39, 0.29) is 0 Å². The van der Waals surface area contributed by atoms with E-state index in [4.69, 9.17) is 17.3 Å². The number of rotatable bonds is 1. The maximum Gasteiger partial charge on any atom is 0.127 e. The zero-order valence-corrected chi connectivity index (χ0v) is 12.3. The number of fused-ring (bicyclic) bond motifs is 1. The third-order valence-electron chi connectivity index (χ3n) is 2.98. The number of hydrogen-bond donors (Lipinski definition) is 1. The van der Waals surface area contributed by atoms with E-state index < -0.39 is 0 Å². The first-order valence-electron chi connectivity index (χ1n) is 5.48. The van der Waals surface area contributed by atoms with Crippen LogP contribution in [-0.4, -0.2) is 4.98 Å². The molecular weight excluding hydrogens is 284 g/mol. The molecule has 3 rings (SSSR count). The second-order valence-corrected chi connectivity index (χ2v) is 6.88. The van der Waals surface area contributed by atoms with Crippen molar-refractivity contribution in [2.24, 2.45) is 0 Å². The molecule has 2 N–H and O–H groups in total. The number of hydrogen-bond acceptors (Lipinski definition) is 4. The van der Waals surface area contributed by atoms with Crippen LogP contribution in [-0.2, 0) is 0 Å². The number of aromatic nitrogens is 1. The van der Waals surface area contributed by atoms with Crippen molar-refractivity contribution in [2.75, 3.05) is 5.73 Å². The fraction of sp³-hybridized carbons (Fsp3) is 0.154. The van der Waals surface area contributed by atoms with Crippen molar-refractivity contribution >= 4 is 49.5 Å². The molecule has 5 heteroatoms. The van der Waals surface area contributed by atoms with Crippen molar-refractivity contribution in [2.45, 2.75) is 13.8 Å². The van der Waals surface area contributed by atoms with Gasteiger partial charge in [0.05, 0.1) is 15.2 Å². The van der Waals surface area contributed by atoms with E-state index in [1.54, 1.807) is 22.7 Å². The minimum atomic E-state index is 0.740. The zero-order chi connectivity index (χ0) is 12.9. The lowest BCUT2D eigenvalue weighted by Gasteiger charge is -1.96. The molecule has 0 aliphatic heterocycles. The molecule has 2 heterocycles. The summed E-state index contributed by atoms with van der Waals surface area (Å²) in [5.74, 6) is 0. The quantitative estimate of drug-likeness (QED) is 0.695. The van der Waals surface area contributed by atoms with E-state index in [1.165, 1.54) is 10.4 Å². The Balaban J connectivity index is 2.25. The second kappa shape index (κ2) is 4.23. The van der Waals surface area contributed by atoms with E-state index in [0.29, 0.717) is 0 Å². The van der Waals surface area contributed by atoms with Crippen LogP contribution in [0.25, 0.3) is 20.8 Å². The highest BCUT2D eigenvalue weighted by atomic mass is 35.5. The summed E-state index contributed by atoms with van der Waals surface area (Å²) in [6, 6.07) is 5.76. The van der Waals surface area contributed by atoms with Gasteiger partial charge in [0.2, 0.25) is 0 Å². The van der Waals surface area contributed by atoms with Crippen LogP contribution in [0.3, 0.4) is 0 Å². The van der Waals surface area contributed by atoms with Gasteiger partial charge >= 0.3 is 0 Å². The second-order valence-electron chi connectivity index (χ2n) is 4.15. The molecule has 0 amide bonds. The highest BCUT2D eigenvalue weighted by Crippen LogP contribution is 2.41. The number of anilines is 1. The van der Waals surface area contributed by atoms with Crippen LogP contribution < -0.4 is 5.73 Å². The summed E-state index contributed by atoms with van der Waals surface area (Å²) >= 11 is 9.26. The van der Waals surface area contributed by atoms with Crippen molar-refractivity contribution in [3.63, 3.8) is 0 Å². The van der Waals surface area contributed by atoms with Crippen LogP contribution in [0.2, 0.25) is 5.02 Å². The molecule has 0 aliphatic rings. The largest absolute Gasteiger partial charge is 0.390 e. The van der Waals surface area contributed by atoms with Gasteiger partial charge in [-0.05, 0) is 37.6 Å². The molecule has 92 valence electrons. The summed E-state index contributed by atoms with van der Waals surface area (Å²) in [7, 11) is 0. The monoisotopic (exact) mass is 294 g/mol. The zero-order valence-electron chi connectivity index (χ0n) is 9.95. The van der Waals surface area contributed by atoms with E-state index in [1.807, 2.05) is 18.2 Å². The predicted octanol–water partition coefficient (Wildman–Crippen LogP) is 4.88. The Morgan fingerprint density at radius 3 is 2.67 bits per heavy atom. The van der Waals surface area contributed by atoms with E-state index in [0.717, 1.165) is 30.8 Å². The van der Waals surface area contributed by atoms with Gasteiger partial charge in [0.1, 0.15) is 5.01 Å². The highest BCUT2D eigenvalue weighted by Gasteiger charge is 2.16. The summed E-state index contributed by atoms with van der Waals surface area (Å²) in [6.45, 7) is 4.18. The summed E-state index contributed by atoms with van der Waals surface area (Å²) in [4.78, 5) is 5.90. The fourth-order valence-electron chi connectivity index (χ4n) is 1.92. The Morgan fingerprint density at radius 2 is 2.00 bits per heavy atom. The lowest BCUT2D eigenvalue weighted by molar-refractivity contribution is 1.41. The molecule has 1 aromatic carbocycles. The molecule has 0 fully saturated rings. The minimum absolute atomic E-state index is 0.740. The number of nitrogens with two attached hydrogens (primary N) is 1. The number of benzene rings is 1. The molecule has 0 atom stereocenters. The van der Waals surface area contributed by atoms with Crippen LogP contribution in [0.5, 0.6) is 0 Å². The van der Waals surface area contributed by atoms with Gasteiger partial charge in [0.25, 0.3) is 0 Å². The molecule has 0 unspecified atom stereocenters. The van der Waals surface area contributed by atoms with Gasteiger partial charge in [-0.2, -0.15) is 0 Å². The summed E-state index contributed by atoms with van der Waals surface area (Å²) < 4.78 is 1.10. The number of thiophene rings is 1. The van der Waals surface area contributed by atoms with Crippen LogP contribution in [0.15, 0.2) is 18.2 Å². The topological polar surface area (TPSA) is 38.9 Å². The summed E-state index contributed by atoms with van der Waals surface area (Å²) in [5.41, 5.74) is 9.36. The maximum atomic E-state index is 6.09. The first kappa shape index (κ1) is 12.0. The number of nitrogens with zero attached hydrogens (tertiary/aromatic N) is 1. The molecular formula is C13H11ClN2S2. The van der Waals surface area contributed by atoms with Gasteiger partial charge in [-0.1, -0.05) is 11.6 Å². The lowest BCUT2D eigenvalue weighted by atomic mass is 10.2. The van der Waals surface area contributed by atoms with Crippen molar-refractivity contribution in [3.05, 3.63) is 33.7 Å². The Labute approximate surface area is 118 Å². The Bertz CT molecular complexity index is 743. The number of halogens is 1. The number of nitrogen functional groups attached to an aromatic ring is 1. The Hall–Kier alpha value is -1.10. The van der Waals surface area contributed by atoms with Gasteiger partial charge in [-0.25, -0.2) is 4.98 Å². The number of thiazole rings is 1. The molecule has 0 spiro atoms. The first-order valence-corrected chi connectivity index (χ1v) is 7.49. The van der Waals surface area contributed by atoms with Gasteiger partial charge in [-0.3, -0.25) is 0 Å². The van der Waals surface area contributed by atoms with E-state index >= 15 is 0 Å². The third kappa shape index (κ3) is 1.81. The van der Waals surface area contributed by atoms with Crippen molar-refractivity contribution in [3.8, 4) is 10.6 Å². The Morgan fingerprint density at radius 1 is 1.22 bits per heavy atom. The molecule has 3 aromatic rings. The SMILES string of the molecule is Cc1sc(N)c(-c2nc3ccc(Cl)cc3s2)c1C. The van der Waals surface area contributed by atoms with Gasteiger partial charge in [0, 0.05) is 15.5 Å². The summed E-state index contributed by atoms with van der Waals surface area (Å²) in [6.07, 6.45) is 0. The molecule has 0 saturated heterocycles. The maximum absolute atomic E-state index is 6.09. The van der Waals surface area contributed by atoms with Crippen molar-refractivity contribution in [1.82, 2.24) is 4.98 Å². The van der Waals surface area contributed by atoms with E-state index in [2.05, 4.69) is 18.8 Å². The highest BCUT2D eigenvalue weighted by molar-refractivity contribution is 7.22. The van der Waals surface area contributed by atoms with E-state index in [9.17, 15) is 0 Å². The molecule has 0 aliphatic carbocycles. The van der Waals surface area contributed by atoms with Crippen molar-refractivity contribution < 1.29 is 0 Å². The first-order chi connectivity index (χ1) is 8.56. The molecule has 2 aromatic heterocycles. The van der Waals surface area contributed by atoms with Crippen molar-refractivity contribution in [1.29, 1.82) is 0 Å². The average molecular weight is 295 g/mol. The lowest BCUT2D eigenvalue weighted by Crippen LogP contribution is -1.85. The standard InChI is InChI=1S/C13H11ClN2S2/c1-6-7(2)17-12(15)11(6)13-16-9-4-3-8(14)5-10(9)18-13/h3-5H,15H2,1-2H3. The van der Waals surface area contributed by atoms with Gasteiger partial charge < -0.3 is 5.73 Å². The molecule has 2 nitrogen and oxygen atoms in total. The smallest absolute Gasteiger partial charge is 0.127 e. The third-order valence-corrected chi connectivity index (χ3v) is 5.28. The van der Waals surface area contributed by atoms with Crippen LogP contribution in [0.1, 0.15) is 10.4 Å².